The molecule has 2 rings (SSSR count). The van der Waals surface area contributed by atoms with Crippen LogP contribution in [0.1, 0.15) is 6.42 Å². The van der Waals surface area contributed by atoms with Gasteiger partial charge < -0.3 is 19.7 Å². The summed E-state index contributed by atoms with van der Waals surface area (Å²) >= 11 is 3.41. The fourth-order valence-electron chi connectivity index (χ4n) is 2.05. The predicted molar refractivity (Wildman–Crippen MR) is 80.3 cm³/mol. The van der Waals surface area contributed by atoms with Gasteiger partial charge in [-0.05, 0) is 47.1 Å². The number of benzene rings is 1. The van der Waals surface area contributed by atoms with E-state index in [1.807, 2.05) is 11.0 Å². The van der Waals surface area contributed by atoms with Gasteiger partial charge in [-0.2, -0.15) is 0 Å². The number of carbonyl (C=O) groups is 1. The van der Waals surface area contributed by atoms with Crippen molar-refractivity contribution in [3.05, 3.63) is 22.7 Å². The van der Waals surface area contributed by atoms with Crippen LogP contribution in [-0.2, 0) is 4.79 Å². The van der Waals surface area contributed by atoms with E-state index in [1.165, 1.54) is 0 Å². The summed E-state index contributed by atoms with van der Waals surface area (Å²) < 4.78 is 11.5. The maximum absolute atomic E-state index is 12.1. The number of nitrogens with zero attached hydrogens (tertiary/aromatic N) is 1. The molecule has 1 N–H and O–H groups in total. The Morgan fingerprint density at radius 1 is 1.40 bits per heavy atom. The van der Waals surface area contributed by atoms with Gasteiger partial charge in [0, 0.05) is 19.6 Å². The second kappa shape index (κ2) is 7.50. The summed E-state index contributed by atoms with van der Waals surface area (Å²) in [6.45, 7) is 3.41. The lowest BCUT2D eigenvalue weighted by molar-refractivity contribution is -0.133. The quantitative estimate of drug-likeness (QED) is 0.904. The topological polar surface area (TPSA) is 50.8 Å². The second-order valence-electron chi connectivity index (χ2n) is 4.57. The minimum atomic E-state index is 0.0245. The molecule has 0 saturated carbocycles. The van der Waals surface area contributed by atoms with Crippen molar-refractivity contribution in [1.82, 2.24) is 10.2 Å². The highest BCUT2D eigenvalue weighted by Gasteiger charge is 2.16. The third kappa shape index (κ3) is 4.11. The highest BCUT2D eigenvalue weighted by molar-refractivity contribution is 9.10. The Balaban J connectivity index is 1.89. The predicted octanol–water partition coefficient (Wildman–Crippen LogP) is 1.66. The Morgan fingerprint density at radius 3 is 3.00 bits per heavy atom. The molecule has 1 fully saturated rings. The smallest absolute Gasteiger partial charge is 0.260 e. The Morgan fingerprint density at radius 2 is 2.25 bits per heavy atom. The first kappa shape index (κ1) is 15.1. The van der Waals surface area contributed by atoms with Gasteiger partial charge in [0.1, 0.15) is 11.5 Å². The molecule has 1 saturated heterocycles. The third-order valence-electron chi connectivity index (χ3n) is 3.18. The number of nitrogens with one attached hydrogen (secondary N) is 1. The molecule has 5 nitrogen and oxygen atoms in total. The van der Waals surface area contributed by atoms with Gasteiger partial charge in [-0.3, -0.25) is 4.79 Å². The van der Waals surface area contributed by atoms with Crippen LogP contribution in [0.15, 0.2) is 22.7 Å². The van der Waals surface area contributed by atoms with E-state index in [1.54, 1.807) is 19.2 Å². The molecule has 1 aliphatic heterocycles. The summed E-state index contributed by atoms with van der Waals surface area (Å²) in [6, 6.07) is 5.41. The van der Waals surface area contributed by atoms with E-state index >= 15 is 0 Å². The highest BCUT2D eigenvalue weighted by Crippen LogP contribution is 2.29. The molecule has 0 aromatic heterocycles. The summed E-state index contributed by atoms with van der Waals surface area (Å²) in [5, 5.41) is 3.27. The number of hydrogen-bond donors (Lipinski definition) is 1. The molecule has 1 heterocycles. The van der Waals surface area contributed by atoms with Crippen molar-refractivity contribution < 1.29 is 14.3 Å². The summed E-state index contributed by atoms with van der Waals surface area (Å²) in [4.78, 5) is 13.9. The van der Waals surface area contributed by atoms with E-state index in [4.69, 9.17) is 9.47 Å². The highest BCUT2D eigenvalue weighted by atomic mass is 79.9. The van der Waals surface area contributed by atoms with Crippen LogP contribution in [0, 0.1) is 0 Å². The van der Waals surface area contributed by atoms with Crippen molar-refractivity contribution in [3.8, 4) is 11.5 Å². The molecule has 110 valence electrons. The van der Waals surface area contributed by atoms with Crippen molar-refractivity contribution >= 4 is 21.8 Å². The number of methoxy groups -OCH3 is 1. The van der Waals surface area contributed by atoms with Crippen molar-refractivity contribution in [1.29, 1.82) is 0 Å². The van der Waals surface area contributed by atoms with Crippen molar-refractivity contribution in [2.75, 3.05) is 39.9 Å². The van der Waals surface area contributed by atoms with Crippen LogP contribution in [0.3, 0.4) is 0 Å². The Bertz CT molecular complexity index is 460. The molecule has 0 unspecified atom stereocenters. The Labute approximate surface area is 127 Å². The molecule has 0 spiro atoms. The molecule has 1 aliphatic rings. The van der Waals surface area contributed by atoms with Crippen molar-refractivity contribution in [2.24, 2.45) is 0 Å². The van der Waals surface area contributed by atoms with Crippen LogP contribution in [0.4, 0.5) is 0 Å². The molecular weight excluding hydrogens is 324 g/mol. The SMILES string of the molecule is COc1ccc(OCC(=O)N2CCCNCC2)c(Br)c1. The second-order valence-corrected chi connectivity index (χ2v) is 5.42. The maximum Gasteiger partial charge on any atom is 0.260 e. The fraction of sp³-hybridized carbons (Fsp3) is 0.500. The van der Waals surface area contributed by atoms with Gasteiger partial charge in [0.2, 0.25) is 0 Å². The average Bonchev–Trinajstić information content (AvgIpc) is 2.74. The number of ether oxygens (including phenoxy) is 2. The van der Waals surface area contributed by atoms with Crippen LogP contribution in [0.2, 0.25) is 0 Å². The largest absolute Gasteiger partial charge is 0.497 e. The van der Waals surface area contributed by atoms with Crippen LogP contribution in [-0.4, -0.2) is 50.7 Å². The van der Waals surface area contributed by atoms with E-state index in [9.17, 15) is 4.79 Å². The van der Waals surface area contributed by atoms with E-state index in [0.29, 0.717) is 5.75 Å². The fourth-order valence-corrected chi connectivity index (χ4v) is 2.52. The maximum atomic E-state index is 12.1. The van der Waals surface area contributed by atoms with E-state index in [-0.39, 0.29) is 12.5 Å². The molecule has 0 aliphatic carbocycles. The lowest BCUT2D eigenvalue weighted by Gasteiger charge is -2.20. The minimum Gasteiger partial charge on any atom is -0.497 e. The lowest BCUT2D eigenvalue weighted by Crippen LogP contribution is -2.37. The van der Waals surface area contributed by atoms with Gasteiger partial charge in [0.25, 0.3) is 5.91 Å². The molecule has 1 aromatic carbocycles. The molecule has 0 radical (unpaired) electrons. The van der Waals surface area contributed by atoms with Gasteiger partial charge in [0.15, 0.2) is 6.61 Å². The van der Waals surface area contributed by atoms with Gasteiger partial charge >= 0.3 is 0 Å². The summed E-state index contributed by atoms with van der Waals surface area (Å²) in [6.07, 6.45) is 0.984. The zero-order valence-corrected chi connectivity index (χ0v) is 13.1. The number of hydrogen-bond acceptors (Lipinski definition) is 4. The number of carbonyl (C=O) groups excluding carboxylic acids is 1. The average molecular weight is 343 g/mol. The van der Waals surface area contributed by atoms with Gasteiger partial charge in [0.05, 0.1) is 11.6 Å². The molecule has 20 heavy (non-hydrogen) atoms. The van der Waals surface area contributed by atoms with Gasteiger partial charge in [-0.15, -0.1) is 0 Å². The first-order chi connectivity index (χ1) is 9.70. The van der Waals surface area contributed by atoms with Gasteiger partial charge in [-0.1, -0.05) is 0 Å². The zero-order chi connectivity index (χ0) is 14.4. The van der Waals surface area contributed by atoms with Crippen LogP contribution >= 0.6 is 15.9 Å². The summed E-state index contributed by atoms with van der Waals surface area (Å²) in [5.41, 5.74) is 0. The molecule has 6 heteroatoms. The molecule has 1 amide bonds. The Kier molecular flexibility index (Phi) is 5.67. The normalized spacial score (nSPS) is 15.6. The molecule has 0 bridgehead atoms. The number of rotatable bonds is 4. The van der Waals surface area contributed by atoms with E-state index < -0.39 is 0 Å². The van der Waals surface area contributed by atoms with Crippen molar-refractivity contribution in [2.45, 2.75) is 6.42 Å². The molecular formula is C14H19BrN2O3. The minimum absolute atomic E-state index is 0.0245. The zero-order valence-electron chi connectivity index (χ0n) is 11.5. The summed E-state index contributed by atoms with van der Waals surface area (Å²) in [5.74, 6) is 1.41. The van der Waals surface area contributed by atoms with Crippen molar-refractivity contribution in [3.63, 3.8) is 0 Å². The number of halogens is 1. The lowest BCUT2D eigenvalue weighted by atomic mass is 10.3. The molecule has 1 aromatic rings. The van der Waals surface area contributed by atoms with Gasteiger partial charge in [-0.25, -0.2) is 0 Å². The van der Waals surface area contributed by atoms with E-state index in [0.717, 1.165) is 42.8 Å². The first-order valence-corrected chi connectivity index (χ1v) is 7.45. The monoisotopic (exact) mass is 342 g/mol. The third-order valence-corrected chi connectivity index (χ3v) is 3.80. The standard InChI is InChI=1S/C14H19BrN2O3/c1-19-11-3-4-13(12(15)9-11)20-10-14(18)17-7-2-5-16-6-8-17/h3-4,9,16H,2,5-8,10H2,1H3. The van der Waals surface area contributed by atoms with E-state index in [2.05, 4.69) is 21.2 Å². The Hall–Kier alpha value is -1.27. The number of amides is 1. The first-order valence-electron chi connectivity index (χ1n) is 6.65. The van der Waals surface area contributed by atoms with Crippen LogP contribution in [0.25, 0.3) is 0 Å². The van der Waals surface area contributed by atoms with Crippen LogP contribution in [0.5, 0.6) is 11.5 Å². The summed E-state index contributed by atoms with van der Waals surface area (Å²) in [7, 11) is 1.61. The van der Waals surface area contributed by atoms with Crippen LogP contribution < -0.4 is 14.8 Å². The molecule has 0 atom stereocenters.